The van der Waals surface area contributed by atoms with Gasteiger partial charge in [0.2, 0.25) is 0 Å². The second-order valence-electron chi connectivity index (χ2n) is 3.74. The molecular weight excluding hydrogens is 326 g/mol. The van der Waals surface area contributed by atoms with Crippen LogP contribution in [0.2, 0.25) is 0 Å². The molecule has 0 atom stereocenters. The highest BCUT2D eigenvalue weighted by Gasteiger charge is 2.06. The molecule has 0 spiro atoms. The average Bonchev–Trinajstić information content (AvgIpc) is 2.39. The molecular formula is C13H12BrN3OS. The van der Waals surface area contributed by atoms with Crippen molar-refractivity contribution in [2.75, 3.05) is 12.4 Å². The van der Waals surface area contributed by atoms with E-state index in [1.54, 1.807) is 13.2 Å². The van der Waals surface area contributed by atoms with E-state index in [2.05, 4.69) is 26.2 Å². The lowest BCUT2D eigenvalue weighted by atomic mass is 10.3. The molecule has 2 aromatic rings. The number of nitrogens with one attached hydrogen (secondary N) is 1. The third-order valence-corrected chi connectivity index (χ3v) is 3.13. The Bertz CT molecular complexity index is 619. The van der Waals surface area contributed by atoms with Crippen LogP contribution in [0.1, 0.15) is 5.69 Å². The number of benzene rings is 1. The molecule has 0 saturated carbocycles. The molecule has 6 heteroatoms. The summed E-state index contributed by atoms with van der Waals surface area (Å²) in [5, 5.41) is 3.18. The number of nitrogens with zero attached hydrogens (tertiary/aromatic N) is 1. The quantitative estimate of drug-likeness (QED) is 0.838. The Morgan fingerprint density at radius 1 is 1.37 bits per heavy atom. The van der Waals surface area contributed by atoms with E-state index in [0.717, 1.165) is 15.9 Å². The maximum absolute atomic E-state index is 5.57. The summed E-state index contributed by atoms with van der Waals surface area (Å²) in [4.78, 5) is 4.59. The summed E-state index contributed by atoms with van der Waals surface area (Å²) in [5.41, 5.74) is 6.95. The number of aromatic nitrogens is 1. The lowest BCUT2D eigenvalue weighted by Gasteiger charge is -2.11. The second-order valence-corrected chi connectivity index (χ2v) is 5.10. The van der Waals surface area contributed by atoms with Gasteiger partial charge in [-0.15, -0.1) is 0 Å². The highest BCUT2D eigenvalue weighted by atomic mass is 79.9. The van der Waals surface area contributed by atoms with Crippen molar-refractivity contribution in [2.24, 2.45) is 5.73 Å². The van der Waals surface area contributed by atoms with E-state index < -0.39 is 0 Å². The van der Waals surface area contributed by atoms with Crippen LogP contribution in [0.25, 0.3) is 0 Å². The van der Waals surface area contributed by atoms with Crippen LogP contribution in [0, 0.1) is 0 Å². The fourth-order valence-electron chi connectivity index (χ4n) is 1.56. The van der Waals surface area contributed by atoms with Crippen molar-refractivity contribution in [3.05, 3.63) is 46.6 Å². The van der Waals surface area contributed by atoms with Gasteiger partial charge in [-0.05, 0) is 30.3 Å². The smallest absolute Gasteiger partial charge is 0.142 e. The molecule has 2 rings (SSSR count). The Kier molecular flexibility index (Phi) is 4.34. The second kappa shape index (κ2) is 5.99. The topological polar surface area (TPSA) is 60.2 Å². The van der Waals surface area contributed by atoms with Crippen molar-refractivity contribution in [3.8, 4) is 5.75 Å². The molecule has 0 aliphatic heterocycles. The van der Waals surface area contributed by atoms with Crippen molar-refractivity contribution in [1.29, 1.82) is 0 Å². The molecule has 0 aliphatic rings. The Balaban J connectivity index is 2.33. The summed E-state index contributed by atoms with van der Waals surface area (Å²) in [7, 11) is 1.62. The van der Waals surface area contributed by atoms with Crippen molar-refractivity contribution < 1.29 is 4.74 Å². The van der Waals surface area contributed by atoms with E-state index in [-0.39, 0.29) is 4.99 Å². The van der Waals surface area contributed by atoms with Gasteiger partial charge in [0.25, 0.3) is 0 Å². The van der Waals surface area contributed by atoms with E-state index in [9.17, 15) is 0 Å². The van der Waals surface area contributed by atoms with Crippen LogP contribution >= 0.6 is 28.1 Å². The zero-order valence-corrected chi connectivity index (χ0v) is 12.6. The monoisotopic (exact) mass is 337 g/mol. The van der Waals surface area contributed by atoms with Crippen molar-refractivity contribution in [3.63, 3.8) is 0 Å². The van der Waals surface area contributed by atoms with Crippen LogP contribution < -0.4 is 15.8 Å². The van der Waals surface area contributed by atoms with Crippen LogP contribution in [0.3, 0.4) is 0 Å². The van der Waals surface area contributed by atoms with E-state index in [0.29, 0.717) is 11.5 Å². The molecule has 0 aliphatic carbocycles. The van der Waals surface area contributed by atoms with Gasteiger partial charge < -0.3 is 15.8 Å². The van der Waals surface area contributed by atoms with E-state index in [1.165, 1.54) is 0 Å². The first-order valence-corrected chi connectivity index (χ1v) is 6.67. The van der Waals surface area contributed by atoms with Gasteiger partial charge in [-0.1, -0.05) is 34.2 Å². The van der Waals surface area contributed by atoms with Crippen LogP contribution in [0.15, 0.2) is 40.9 Å². The first kappa shape index (κ1) is 13.8. The summed E-state index contributed by atoms with van der Waals surface area (Å²) >= 11 is 8.33. The highest BCUT2D eigenvalue weighted by molar-refractivity contribution is 9.10. The lowest BCUT2D eigenvalue weighted by Crippen LogP contribution is -2.12. The number of nitrogens with two attached hydrogens (primary N) is 1. The number of methoxy groups -OCH3 is 1. The molecule has 0 fully saturated rings. The zero-order valence-electron chi connectivity index (χ0n) is 10.2. The van der Waals surface area contributed by atoms with Crippen LogP contribution in [-0.2, 0) is 0 Å². The summed E-state index contributed by atoms with van der Waals surface area (Å²) in [6, 6.07) is 11.1. The Labute approximate surface area is 125 Å². The van der Waals surface area contributed by atoms with Gasteiger partial charge in [-0.25, -0.2) is 4.98 Å². The van der Waals surface area contributed by atoms with Gasteiger partial charge in [-0.3, -0.25) is 0 Å². The van der Waals surface area contributed by atoms with Gasteiger partial charge in [-0.2, -0.15) is 0 Å². The number of pyridine rings is 1. The minimum Gasteiger partial charge on any atom is -0.495 e. The number of halogens is 1. The third kappa shape index (κ3) is 3.42. The van der Waals surface area contributed by atoms with E-state index in [4.69, 9.17) is 22.7 Å². The standard InChI is InChI=1S/C13H12BrN3OS/c1-18-11-6-5-8(14)7-10(11)17-12-4-2-3-9(16-12)13(15)19/h2-7H,1H3,(H2,15,19)(H,16,17). The molecule has 1 heterocycles. The Hall–Kier alpha value is -1.66. The number of rotatable bonds is 4. The fourth-order valence-corrected chi connectivity index (χ4v) is 2.03. The number of thiocarbonyl (C=S) groups is 1. The summed E-state index contributed by atoms with van der Waals surface area (Å²) < 4.78 is 6.23. The Morgan fingerprint density at radius 3 is 2.84 bits per heavy atom. The minimum atomic E-state index is 0.268. The molecule has 0 bridgehead atoms. The van der Waals surface area contributed by atoms with Crippen molar-refractivity contribution >= 4 is 44.6 Å². The maximum Gasteiger partial charge on any atom is 0.142 e. The molecule has 0 radical (unpaired) electrons. The van der Waals surface area contributed by atoms with Gasteiger partial charge in [0.05, 0.1) is 18.5 Å². The molecule has 1 aromatic carbocycles. The van der Waals surface area contributed by atoms with Crippen LogP contribution in [0.5, 0.6) is 5.75 Å². The van der Waals surface area contributed by atoms with E-state index >= 15 is 0 Å². The average molecular weight is 338 g/mol. The van der Waals surface area contributed by atoms with E-state index in [1.807, 2.05) is 30.3 Å². The minimum absolute atomic E-state index is 0.268. The fraction of sp³-hybridized carbons (Fsp3) is 0.0769. The molecule has 0 saturated heterocycles. The van der Waals surface area contributed by atoms with Gasteiger partial charge >= 0.3 is 0 Å². The number of hydrogen-bond donors (Lipinski definition) is 2. The predicted molar refractivity (Wildman–Crippen MR) is 84.1 cm³/mol. The first-order valence-electron chi connectivity index (χ1n) is 5.47. The van der Waals surface area contributed by atoms with Gasteiger partial charge in [0.1, 0.15) is 16.6 Å². The summed E-state index contributed by atoms with van der Waals surface area (Å²) in [6.07, 6.45) is 0. The molecule has 19 heavy (non-hydrogen) atoms. The van der Waals surface area contributed by atoms with Crippen LogP contribution in [-0.4, -0.2) is 17.1 Å². The number of ether oxygens (including phenoxy) is 1. The van der Waals surface area contributed by atoms with Gasteiger partial charge in [0, 0.05) is 4.47 Å². The summed E-state index contributed by atoms with van der Waals surface area (Å²) in [5.74, 6) is 1.38. The highest BCUT2D eigenvalue weighted by Crippen LogP contribution is 2.30. The first-order chi connectivity index (χ1) is 9.10. The third-order valence-electron chi connectivity index (χ3n) is 2.43. The lowest BCUT2D eigenvalue weighted by molar-refractivity contribution is 0.416. The molecule has 4 nitrogen and oxygen atoms in total. The largest absolute Gasteiger partial charge is 0.495 e. The number of hydrogen-bond acceptors (Lipinski definition) is 4. The zero-order chi connectivity index (χ0) is 13.8. The predicted octanol–water partition coefficient (Wildman–Crippen LogP) is 3.23. The van der Waals surface area contributed by atoms with Crippen LogP contribution in [0.4, 0.5) is 11.5 Å². The molecule has 98 valence electrons. The molecule has 0 unspecified atom stereocenters. The van der Waals surface area contributed by atoms with Crippen molar-refractivity contribution in [2.45, 2.75) is 0 Å². The maximum atomic E-state index is 5.57. The summed E-state index contributed by atoms with van der Waals surface area (Å²) in [6.45, 7) is 0. The molecule has 0 amide bonds. The van der Waals surface area contributed by atoms with Crippen molar-refractivity contribution in [1.82, 2.24) is 4.98 Å². The van der Waals surface area contributed by atoms with Gasteiger partial charge in [0.15, 0.2) is 0 Å². The molecule has 1 aromatic heterocycles. The Morgan fingerprint density at radius 2 is 2.16 bits per heavy atom. The SMILES string of the molecule is COc1ccc(Br)cc1Nc1cccc(C(N)=S)n1. The number of anilines is 2. The normalized spacial score (nSPS) is 10.0. The molecule has 3 N–H and O–H groups in total.